The van der Waals surface area contributed by atoms with Crippen molar-refractivity contribution >= 4 is 5.91 Å². The van der Waals surface area contributed by atoms with Crippen molar-refractivity contribution in [3.63, 3.8) is 0 Å². The highest BCUT2D eigenvalue weighted by Crippen LogP contribution is 2.32. The number of likely N-dealkylation sites (tertiary alicyclic amines) is 1. The molecule has 1 aliphatic heterocycles. The summed E-state index contributed by atoms with van der Waals surface area (Å²) in [5, 5.41) is 0. The van der Waals surface area contributed by atoms with Crippen LogP contribution in [-0.4, -0.2) is 33.9 Å². The van der Waals surface area contributed by atoms with Crippen molar-refractivity contribution in [3.05, 3.63) is 46.4 Å². The number of fused-ring (bicyclic) bond motifs is 1. The summed E-state index contributed by atoms with van der Waals surface area (Å²) >= 11 is 0. The Morgan fingerprint density at radius 3 is 2.92 bits per heavy atom. The van der Waals surface area contributed by atoms with Gasteiger partial charge in [0, 0.05) is 42.9 Å². The second kappa shape index (κ2) is 6.62. The van der Waals surface area contributed by atoms with Crippen LogP contribution >= 0.6 is 0 Å². The highest BCUT2D eigenvalue weighted by atomic mass is 16.3. The first kappa shape index (κ1) is 16.3. The van der Waals surface area contributed by atoms with E-state index >= 15 is 0 Å². The number of nitrogens with zero attached hydrogens (tertiary/aromatic N) is 3. The van der Waals surface area contributed by atoms with E-state index in [4.69, 9.17) is 4.42 Å². The van der Waals surface area contributed by atoms with Crippen molar-refractivity contribution in [1.29, 1.82) is 0 Å². The van der Waals surface area contributed by atoms with Gasteiger partial charge < -0.3 is 9.32 Å². The third-order valence-corrected chi connectivity index (χ3v) is 5.49. The second-order valence-electron chi connectivity index (χ2n) is 7.26. The zero-order valence-electron chi connectivity index (χ0n) is 15.0. The smallest absolute Gasteiger partial charge is 0.257 e. The quantitative estimate of drug-likeness (QED) is 0.839. The molecule has 0 radical (unpaired) electrons. The van der Waals surface area contributed by atoms with Crippen molar-refractivity contribution in [3.8, 4) is 0 Å². The van der Waals surface area contributed by atoms with Crippen molar-refractivity contribution < 1.29 is 9.21 Å². The van der Waals surface area contributed by atoms with Gasteiger partial charge in [-0.25, -0.2) is 9.97 Å². The largest absolute Gasteiger partial charge is 0.465 e. The van der Waals surface area contributed by atoms with E-state index in [1.54, 1.807) is 0 Å². The number of piperidine rings is 1. The van der Waals surface area contributed by atoms with Crippen LogP contribution < -0.4 is 0 Å². The average Bonchev–Trinajstić information content (AvgIpc) is 2.97. The molecular weight excluding hydrogens is 314 g/mol. The molecule has 0 aromatic carbocycles. The normalized spacial score (nSPS) is 20.4. The van der Waals surface area contributed by atoms with Gasteiger partial charge in [0.1, 0.15) is 17.3 Å². The van der Waals surface area contributed by atoms with E-state index in [9.17, 15) is 4.79 Å². The van der Waals surface area contributed by atoms with E-state index in [-0.39, 0.29) is 5.91 Å². The fourth-order valence-corrected chi connectivity index (χ4v) is 4.25. The van der Waals surface area contributed by atoms with Crippen molar-refractivity contribution in [2.75, 3.05) is 13.1 Å². The minimum absolute atomic E-state index is 0.139. The Morgan fingerprint density at radius 1 is 1.24 bits per heavy atom. The van der Waals surface area contributed by atoms with E-state index in [2.05, 4.69) is 9.97 Å². The Labute approximate surface area is 148 Å². The first-order valence-electron chi connectivity index (χ1n) is 9.33. The van der Waals surface area contributed by atoms with Crippen LogP contribution in [0.1, 0.15) is 70.6 Å². The predicted molar refractivity (Wildman–Crippen MR) is 94.7 cm³/mol. The number of rotatable bonds is 2. The molecule has 1 fully saturated rings. The van der Waals surface area contributed by atoms with Crippen LogP contribution in [0.2, 0.25) is 0 Å². The van der Waals surface area contributed by atoms with Gasteiger partial charge in [-0.15, -0.1) is 0 Å². The molecule has 0 bridgehead atoms. The molecule has 2 aliphatic rings. The van der Waals surface area contributed by atoms with Crippen LogP contribution in [0.15, 0.2) is 16.7 Å². The van der Waals surface area contributed by atoms with E-state index < -0.39 is 0 Å². The standard InChI is InChI=1S/C20H25N3O2/c1-13-19(16-7-3-4-8-18(16)25-13)20(24)23-11-5-6-15(12-23)17-9-10-21-14(2)22-17/h9-10,15H,3-8,11-12H2,1-2H3/t15-/m0/s1. The molecule has 25 heavy (non-hydrogen) atoms. The lowest BCUT2D eigenvalue weighted by molar-refractivity contribution is 0.0703. The van der Waals surface area contributed by atoms with Gasteiger partial charge in [-0.3, -0.25) is 4.79 Å². The molecule has 1 aliphatic carbocycles. The maximum absolute atomic E-state index is 13.2. The third-order valence-electron chi connectivity index (χ3n) is 5.49. The van der Waals surface area contributed by atoms with E-state index in [0.717, 1.165) is 85.8 Å². The summed E-state index contributed by atoms with van der Waals surface area (Å²) < 4.78 is 5.91. The monoisotopic (exact) mass is 339 g/mol. The Bertz CT molecular complexity index is 796. The molecule has 1 atom stereocenters. The van der Waals surface area contributed by atoms with Crippen LogP contribution in [0, 0.1) is 13.8 Å². The lowest BCUT2D eigenvalue weighted by Crippen LogP contribution is -2.39. The van der Waals surface area contributed by atoms with Crippen LogP contribution in [0.4, 0.5) is 0 Å². The van der Waals surface area contributed by atoms with Gasteiger partial charge in [-0.2, -0.15) is 0 Å². The number of aromatic nitrogens is 2. The summed E-state index contributed by atoms with van der Waals surface area (Å²) in [6.07, 6.45) is 8.14. The number of hydrogen-bond acceptors (Lipinski definition) is 4. The van der Waals surface area contributed by atoms with Crippen molar-refractivity contribution in [2.24, 2.45) is 0 Å². The lowest BCUT2D eigenvalue weighted by atomic mass is 9.91. The maximum atomic E-state index is 13.2. The molecular formula is C20H25N3O2. The molecule has 5 heteroatoms. The zero-order chi connectivity index (χ0) is 17.4. The molecule has 5 nitrogen and oxygen atoms in total. The van der Waals surface area contributed by atoms with Crippen LogP contribution in [0.3, 0.4) is 0 Å². The van der Waals surface area contributed by atoms with E-state index in [1.807, 2.05) is 31.0 Å². The fraction of sp³-hybridized carbons (Fsp3) is 0.550. The summed E-state index contributed by atoms with van der Waals surface area (Å²) in [6.45, 7) is 5.39. The SMILES string of the molecule is Cc1nccc([C@H]2CCCN(C(=O)c3c(C)oc4c3CCCC4)C2)n1. The van der Waals surface area contributed by atoms with E-state index in [1.165, 1.54) is 0 Å². The minimum Gasteiger partial charge on any atom is -0.465 e. The number of aryl methyl sites for hydroxylation is 3. The highest BCUT2D eigenvalue weighted by molar-refractivity contribution is 5.97. The first-order valence-corrected chi connectivity index (χ1v) is 9.33. The number of carbonyl (C=O) groups is 1. The summed E-state index contributed by atoms with van der Waals surface area (Å²) in [6, 6.07) is 1.98. The number of carbonyl (C=O) groups excluding carboxylic acids is 1. The molecule has 132 valence electrons. The maximum Gasteiger partial charge on any atom is 0.257 e. The fourth-order valence-electron chi connectivity index (χ4n) is 4.25. The Hall–Kier alpha value is -2.17. The topological polar surface area (TPSA) is 59.2 Å². The average molecular weight is 339 g/mol. The predicted octanol–water partition coefficient (Wildman–Crippen LogP) is 3.59. The van der Waals surface area contributed by atoms with Gasteiger partial charge in [-0.1, -0.05) is 0 Å². The minimum atomic E-state index is 0.139. The molecule has 0 N–H and O–H groups in total. The van der Waals surface area contributed by atoms with Gasteiger partial charge in [0.15, 0.2) is 0 Å². The van der Waals surface area contributed by atoms with Crippen molar-refractivity contribution in [2.45, 2.75) is 58.3 Å². The second-order valence-corrected chi connectivity index (χ2v) is 7.26. The molecule has 0 saturated carbocycles. The van der Waals surface area contributed by atoms with Crippen molar-refractivity contribution in [1.82, 2.24) is 14.9 Å². The van der Waals surface area contributed by atoms with Gasteiger partial charge in [0.2, 0.25) is 0 Å². The van der Waals surface area contributed by atoms with Crippen LogP contribution in [-0.2, 0) is 12.8 Å². The summed E-state index contributed by atoms with van der Waals surface area (Å²) in [7, 11) is 0. The summed E-state index contributed by atoms with van der Waals surface area (Å²) in [5.41, 5.74) is 3.04. The summed E-state index contributed by atoms with van der Waals surface area (Å²) in [5.74, 6) is 3.05. The lowest BCUT2D eigenvalue weighted by Gasteiger charge is -2.32. The van der Waals surface area contributed by atoms with E-state index in [0.29, 0.717) is 5.92 Å². The molecule has 4 rings (SSSR count). The number of furan rings is 1. The molecule has 1 amide bonds. The van der Waals surface area contributed by atoms with Crippen LogP contribution in [0.5, 0.6) is 0 Å². The molecule has 2 aromatic heterocycles. The van der Waals surface area contributed by atoms with Gasteiger partial charge >= 0.3 is 0 Å². The molecule has 1 saturated heterocycles. The van der Waals surface area contributed by atoms with Crippen LogP contribution in [0.25, 0.3) is 0 Å². The Balaban J connectivity index is 1.57. The number of amides is 1. The first-order chi connectivity index (χ1) is 12.1. The molecule has 2 aromatic rings. The Morgan fingerprint density at radius 2 is 2.08 bits per heavy atom. The Kier molecular flexibility index (Phi) is 4.32. The number of hydrogen-bond donors (Lipinski definition) is 0. The van der Waals surface area contributed by atoms with Gasteiger partial charge in [-0.05, 0) is 52.0 Å². The zero-order valence-corrected chi connectivity index (χ0v) is 15.0. The molecule has 0 unspecified atom stereocenters. The highest BCUT2D eigenvalue weighted by Gasteiger charge is 2.31. The third kappa shape index (κ3) is 3.08. The van der Waals surface area contributed by atoms with Gasteiger partial charge in [0.05, 0.1) is 5.56 Å². The van der Waals surface area contributed by atoms with Gasteiger partial charge in [0.25, 0.3) is 5.91 Å². The molecule has 3 heterocycles. The summed E-state index contributed by atoms with van der Waals surface area (Å²) in [4.78, 5) is 24.0. The molecule has 0 spiro atoms.